The molecule has 1 spiro atoms. The lowest BCUT2D eigenvalue weighted by atomic mass is 9.86. The largest absolute Gasteiger partial charge is 0.482 e. The number of ether oxygens (including phenoxy) is 1. The topological polar surface area (TPSA) is 77.9 Å². The smallest absolute Gasteiger partial charge is 0.263 e. The van der Waals surface area contributed by atoms with Gasteiger partial charge in [-0.05, 0) is 35.6 Å². The Kier molecular flexibility index (Phi) is 8.06. The number of aromatic nitrogens is 1. The quantitative estimate of drug-likeness (QED) is 0.409. The number of hydrogen-bond donors (Lipinski definition) is 2. The number of hydrogen-bond acceptors (Lipinski definition) is 7. The molecule has 1 amide bonds. The fourth-order valence-corrected chi connectivity index (χ4v) is 6.25. The number of para-hydroxylation sites is 1. The monoisotopic (exact) mass is 566 g/mol. The molecule has 9 heteroatoms. The average Bonchev–Trinajstić information content (AvgIpc) is 3.36. The summed E-state index contributed by atoms with van der Waals surface area (Å²) in [4.78, 5) is 21.8. The number of anilines is 2. The van der Waals surface area contributed by atoms with Crippen molar-refractivity contribution in [2.24, 2.45) is 0 Å². The van der Waals surface area contributed by atoms with Gasteiger partial charge >= 0.3 is 0 Å². The lowest BCUT2D eigenvalue weighted by Gasteiger charge is -2.41. The maximum absolute atomic E-state index is 15.2. The second-order valence-corrected chi connectivity index (χ2v) is 13.1. The number of halogens is 1. The first-order valence-corrected chi connectivity index (χ1v) is 14.8. The molecular formula is C31H39FN4O3S. The highest BCUT2D eigenvalue weighted by Gasteiger charge is 2.41. The Morgan fingerprint density at radius 2 is 1.85 bits per heavy atom. The molecule has 2 aliphatic heterocycles. The van der Waals surface area contributed by atoms with Crippen LogP contribution in [0.15, 0.2) is 48.7 Å². The number of carbonyl (C=O) groups excluding carboxylic acids is 1. The van der Waals surface area contributed by atoms with E-state index in [0.717, 1.165) is 36.6 Å². The van der Waals surface area contributed by atoms with Crippen LogP contribution in [0.25, 0.3) is 0 Å². The number of benzene rings is 2. The van der Waals surface area contributed by atoms with Crippen molar-refractivity contribution < 1.29 is 19.0 Å². The van der Waals surface area contributed by atoms with E-state index in [1.807, 2.05) is 6.07 Å². The van der Waals surface area contributed by atoms with Crippen LogP contribution in [0.4, 0.5) is 15.2 Å². The SMILES string of the molecule is C[C@H](O)CNC(=O)c1cnc(N2CCC3(CC2)CCN(Cc2ccc(C(C)(C)C)cc2)c2cccc(F)c2O3)s1. The number of fused-ring (bicyclic) bond motifs is 1. The first-order valence-electron chi connectivity index (χ1n) is 14.0. The maximum atomic E-state index is 15.2. The molecule has 0 saturated carbocycles. The van der Waals surface area contributed by atoms with Crippen molar-refractivity contribution in [2.45, 2.75) is 70.6 Å². The van der Waals surface area contributed by atoms with Gasteiger partial charge in [0.25, 0.3) is 5.91 Å². The summed E-state index contributed by atoms with van der Waals surface area (Å²) in [6, 6.07) is 13.9. The molecule has 0 radical (unpaired) electrons. The Balaban J connectivity index is 1.28. The minimum atomic E-state index is -0.603. The van der Waals surface area contributed by atoms with E-state index in [1.165, 1.54) is 28.5 Å². The van der Waals surface area contributed by atoms with E-state index in [-0.39, 0.29) is 23.7 Å². The number of thiazole rings is 1. The highest BCUT2D eigenvalue weighted by atomic mass is 32.1. The van der Waals surface area contributed by atoms with Gasteiger partial charge in [-0.2, -0.15) is 0 Å². The van der Waals surface area contributed by atoms with Gasteiger partial charge in [0, 0.05) is 52.0 Å². The van der Waals surface area contributed by atoms with Crippen LogP contribution in [-0.4, -0.2) is 53.9 Å². The van der Waals surface area contributed by atoms with Gasteiger partial charge in [0.05, 0.1) is 18.0 Å². The summed E-state index contributed by atoms with van der Waals surface area (Å²) in [5.41, 5.74) is 2.91. The molecule has 3 heterocycles. The second-order valence-electron chi connectivity index (χ2n) is 12.0. The fourth-order valence-electron chi connectivity index (χ4n) is 5.37. The van der Waals surface area contributed by atoms with E-state index < -0.39 is 11.7 Å². The number of nitrogens with one attached hydrogen (secondary N) is 1. The van der Waals surface area contributed by atoms with Crippen molar-refractivity contribution in [3.63, 3.8) is 0 Å². The molecule has 2 aromatic carbocycles. The lowest BCUT2D eigenvalue weighted by Crippen LogP contribution is -2.48. The molecule has 7 nitrogen and oxygen atoms in total. The number of aliphatic hydroxyl groups is 1. The Morgan fingerprint density at radius 1 is 1.15 bits per heavy atom. The van der Waals surface area contributed by atoms with Crippen molar-refractivity contribution in [1.29, 1.82) is 0 Å². The van der Waals surface area contributed by atoms with Crippen molar-refractivity contribution in [1.82, 2.24) is 10.3 Å². The van der Waals surface area contributed by atoms with Crippen molar-refractivity contribution in [3.05, 3.63) is 70.5 Å². The maximum Gasteiger partial charge on any atom is 0.263 e. The summed E-state index contributed by atoms with van der Waals surface area (Å²) in [7, 11) is 0. The third kappa shape index (κ3) is 6.25. The molecule has 1 saturated heterocycles. The molecule has 1 aromatic heterocycles. The predicted octanol–water partition coefficient (Wildman–Crippen LogP) is 5.52. The van der Waals surface area contributed by atoms with Crippen LogP contribution in [0.3, 0.4) is 0 Å². The molecule has 5 rings (SSSR count). The van der Waals surface area contributed by atoms with E-state index in [2.05, 4.69) is 65.1 Å². The molecule has 0 bridgehead atoms. The van der Waals surface area contributed by atoms with Gasteiger partial charge in [0.15, 0.2) is 16.7 Å². The summed E-state index contributed by atoms with van der Waals surface area (Å²) in [6.07, 6.45) is 3.24. The molecule has 214 valence electrons. The number of nitrogens with zero attached hydrogens (tertiary/aromatic N) is 3. The molecule has 0 aliphatic carbocycles. The standard InChI is InChI=1S/C31H39FN4O3S/c1-21(37)18-33-28(38)26-19-34-29(40-26)35-15-12-31(13-16-35)14-17-36(25-7-5-6-24(32)27(25)39-31)20-22-8-10-23(11-9-22)30(2,3)4/h5-11,19,21,37H,12-18,20H2,1-4H3,(H,33,38)/t21-/m0/s1. The van der Waals surface area contributed by atoms with E-state index in [9.17, 15) is 9.90 Å². The van der Waals surface area contributed by atoms with Gasteiger partial charge in [-0.1, -0.05) is 62.4 Å². The molecule has 1 fully saturated rings. The highest BCUT2D eigenvalue weighted by molar-refractivity contribution is 7.17. The Morgan fingerprint density at radius 3 is 2.52 bits per heavy atom. The zero-order chi connectivity index (χ0) is 28.5. The summed E-state index contributed by atoms with van der Waals surface area (Å²) in [6.45, 7) is 11.3. The van der Waals surface area contributed by atoms with Gasteiger partial charge in [0.1, 0.15) is 10.5 Å². The number of carbonyl (C=O) groups is 1. The third-order valence-electron chi connectivity index (χ3n) is 7.86. The minimum absolute atomic E-state index is 0.0944. The number of piperidine rings is 1. The Bertz CT molecular complexity index is 1330. The first kappa shape index (κ1) is 28.4. The van der Waals surface area contributed by atoms with Gasteiger partial charge in [-0.15, -0.1) is 0 Å². The lowest BCUT2D eigenvalue weighted by molar-refractivity contribution is 0.0375. The van der Waals surface area contributed by atoms with E-state index in [1.54, 1.807) is 19.2 Å². The van der Waals surface area contributed by atoms with Crippen LogP contribution >= 0.6 is 11.3 Å². The molecule has 40 heavy (non-hydrogen) atoms. The summed E-state index contributed by atoms with van der Waals surface area (Å²) in [5, 5.41) is 12.9. The minimum Gasteiger partial charge on any atom is -0.482 e. The zero-order valence-electron chi connectivity index (χ0n) is 23.7. The normalized spacial score (nSPS) is 17.6. The first-order chi connectivity index (χ1) is 19.0. The number of rotatable bonds is 6. The van der Waals surface area contributed by atoms with Gasteiger partial charge < -0.3 is 25.0 Å². The molecule has 2 aliphatic rings. The van der Waals surface area contributed by atoms with Crippen LogP contribution in [-0.2, 0) is 12.0 Å². The van der Waals surface area contributed by atoms with Crippen LogP contribution < -0.4 is 19.9 Å². The van der Waals surface area contributed by atoms with Crippen LogP contribution in [0.5, 0.6) is 5.75 Å². The summed E-state index contributed by atoms with van der Waals surface area (Å²) < 4.78 is 21.8. The molecular weight excluding hydrogens is 527 g/mol. The number of amides is 1. The highest BCUT2D eigenvalue weighted by Crippen LogP contribution is 2.43. The third-order valence-corrected chi connectivity index (χ3v) is 8.91. The van der Waals surface area contributed by atoms with Crippen molar-refractivity contribution in [3.8, 4) is 5.75 Å². The van der Waals surface area contributed by atoms with Crippen LogP contribution in [0.2, 0.25) is 0 Å². The molecule has 3 aromatic rings. The van der Waals surface area contributed by atoms with E-state index in [4.69, 9.17) is 4.74 Å². The average molecular weight is 567 g/mol. The molecule has 1 atom stereocenters. The fraction of sp³-hybridized carbons (Fsp3) is 0.484. The zero-order valence-corrected chi connectivity index (χ0v) is 24.6. The molecule has 2 N–H and O–H groups in total. The van der Waals surface area contributed by atoms with Crippen molar-refractivity contribution in [2.75, 3.05) is 36.0 Å². The Hall–Kier alpha value is -3.17. The van der Waals surface area contributed by atoms with E-state index >= 15 is 4.39 Å². The summed E-state index contributed by atoms with van der Waals surface area (Å²) >= 11 is 1.35. The van der Waals surface area contributed by atoms with Gasteiger partial charge in [0.2, 0.25) is 0 Å². The second kappa shape index (κ2) is 11.4. The van der Waals surface area contributed by atoms with Gasteiger partial charge in [-0.25, -0.2) is 9.37 Å². The molecule has 0 unspecified atom stereocenters. The predicted molar refractivity (Wildman–Crippen MR) is 158 cm³/mol. The number of aliphatic hydroxyl groups excluding tert-OH is 1. The van der Waals surface area contributed by atoms with Crippen LogP contribution in [0, 0.1) is 5.82 Å². The summed E-state index contributed by atoms with van der Waals surface area (Å²) in [5.74, 6) is -0.224. The van der Waals surface area contributed by atoms with Crippen molar-refractivity contribution >= 4 is 28.1 Å². The Labute approximate surface area is 240 Å². The van der Waals surface area contributed by atoms with E-state index in [0.29, 0.717) is 30.3 Å². The van der Waals surface area contributed by atoms with Crippen LogP contribution in [0.1, 0.15) is 67.8 Å². The van der Waals surface area contributed by atoms with Gasteiger partial charge in [-0.3, -0.25) is 4.79 Å².